The number of ether oxygens (including phenoxy) is 1. The third kappa shape index (κ3) is 3.44. The van der Waals surface area contributed by atoms with Gasteiger partial charge in [0.1, 0.15) is 17.1 Å². The van der Waals surface area contributed by atoms with Crippen LogP contribution in [0.5, 0.6) is 5.75 Å². The van der Waals surface area contributed by atoms with E-state index in [-0.39, 0.29) is 11.2 Å². The molecule has 1 aliphatic carbocycles. The van der Waals surface area contributed by atoms with Gasteiger partial charge in [0.2, 0.25) is 0 Å². The van der Waals surface area contributed by atoms with E-state index in [2.05, 4.69) is 0 Å². The van der Waals surface area contributed by atoms with Crippen molar-refractivity contribution in [2.24, 2.45) is 5.92 Å². The summed E-state index contributed by atoms with van der Waals surface area (Å²) in [6.07, 6.45) is 3.46. The lowest BCUT2D eigenvalue weighted by atomic mass is 9.88. The van der Waals surface area contributed by atoms with Crippen LogP contribution in [0.4, 0.5) is 0 Å². The Morgan fingerprint density at radius 2 is 2.00 bits per heavy atom. The molecule has 2 aliphatic rings. The molecule has 6 nitrogen and oxygen atoms in total. The highest BCUT2D eigenvalue weighted by molar-refractivity contribution is 5.95. The summed E-state index contributed by atoms with van der Waals surface area (Å²) < 4.78 is 11.2. The number of benzene rings is 2. The average molecular weight is 368 g/mol. The normalized spacial score (nSPS) is 15.2. The van der Waals surface area contributed by atoms with E-state index < -0.39 is 17.5 Å². The van der Waals surface area contributed by atoms with Crippen LogP contribution in [0, 0.1) is 5.92 Å². The predicted octanol–water partition coefficient (Wildman–Crippen LogP) is 3.74. The Kier molecular flexibility index (Phi) is 4.76. The highest BCUT2D eigenvalue weighted by Crippen LogP contribution is 2.36. The van der Waals surface area contributed by atoms with Crippen molar-refractivity contribution in [2.45, 2.75) is 19.4 Å². The van der Waals surface area contributed by atoms with E-state index in [1.807, 2.05) is 0 Å². The molecular weight excluding hydrogens is 348 g/mol. The van der Waals surface area contributed by atoms with Crippen LogP contribution < -0.4 is 5.43 Å². The van der Waals surface area contributed by atoms with Crippen LogP contribution >= 0.6 is 0 Å². The lowest BCUT2D eigenvalue weighted by Gasteiger charge is -2.28. The van der Waals surface area contributed by atoms with Crippen LogP contribution in [0.3, 0.4) is 0 Å². The molecule has 1 aromatic carbocycles. The lowest BCUT2D eigenvalue weighted by molar-refractivity contribution is -0.148. The Morgan fingerprint density at radius 3 is 2.67 bits per heavy atom. The van der Waals surface area contributed by atoms with Gasteiger partial charge in [-0.1, -0.05) is 12.2 Å². The summed E-state index contributed by atoms with van der Waals surface area (Å²) in [6.45, 7) is 3.27. The molecule has 0 fully saturated rings. The number of aromatic hydroxyl groups is 1. The zero-order valence-electron chi connectivity index (χ0n) is 15.2. The summed E-state index contributed by atoms with van der Waals surface area (Å²) in [5.41, 5.74) is 0.630. The predicted molar refractivity (Wildman–Crippen MR) is 102 cm³/mol. The number of rotatable bonds is 5. The van der Waals surface area contributed by atoms with Crippen LogP contribution in [0.1, 0.15) is 19.4 Å². The van der Waals surface area contributed by atoms with Gasteiger partial charge < -0.3 is 19.4 Å². The first-order valence-electron chi connectivity index (χ1n) is 8.42. The lowest BCUT2D eigenvalue weighted by Crippen LogP contribution is -2.37. The first-order valence-corrected chi connectivity index (χ1v) is 8.42. The maximum atomic E-state index is 11.7. The van der Waals surface area contributed by atoms with Crippen LogP contribution in [0.2, 0.25) is 0 Å². The van der Waals surface area contributed by atoms with Gasteiger partial charge in [-0.3, -0.25) is 9.59 Å². The molecule has 0 saturated heterocycles. The summed E-state index contributed by atoms with van der Waals surface area (Å²) in [5.74, 6) is -1.32. The van der Waals surface area contributed by atoms with E-state index in [0.717, 1.165) is 10.9 Å². The molecule has 140 valence electrons. The minimum absolute atomic E-state index is 0.0417. The number of fused-ring (bicyclic) bond motifs is 2. The molecular formula is C21H20O6. The molecule has 0 radical (unpaired) electrons. The van der Waals surface area contributed by atoms with Gasteiger partial charge in [0.25, 0.3) is 0 Å². The van der Waals surface area contributed by atoms with E-state index >= 15 is 0 Å². The molecule has 0 bridgehead atoms. The first-order chi connectivity index (χ1) is 12.7. The van der Waals surface area contributed by atoms with Crippen molar-refractivity contribution in [1.82, 2.24) is 0 Å². The maximum absolute atomic E-state index is 11.7. The molecule has 1 aliphatic heterocycles. The fourth-order valence-corrected chi connectivity index (χ4v) is 2.95. The van der Waals surface area contributed by atoms with E-state index in [9.17, 15) is 19.8 Å². The van der Waals surface area contributed by atoms with Crippen molar-refractivity contribution in [1.29, 1.82) is 0 Å². The van der Waals surface area contributed by atoms with E-state index in [1.54, 1.807) is 44.2 Å². The van der Waals surface area contributed by atoms with Crippen LogP contribution in [0.15, 0.2) is 51.7 Å². The van der Waals surface area contributed by atoms with E-state index in [0.29, 0.717) is 16.9 Å². The number of methoxy groups -OCH3 is 1. The third-order valence-electron chi connectivity index (χ3n) is 4.97. The number of carbonyl (C=O) groups is 1. The highest BCUT2D eigenvalue weighted by atomic mass is 16.5. The highest BCUT2D eigenvalue weighted by Gasteiger charge is 2.33. The van der Waals surface area contributed by atoms with E-state index in [4.69, 9.17) is 9.15 Å². The number of carboxylic acid groups (broad SMARTS) is 1. The molecule has 0 spiro atoms. The summed E-state index contributed by atoms with van der Waals surface area (Å²) in [5, 5.41) is 19.8. The molecule has 0 amide bonds. The number of carboxylic acids is 1. The molecule has 6 heteroatoms. The summed E-state index contributed by atoms with van der Waals surface area (Å²) in [7, 11) is 1.46. The molecule has 1 unspecified atom stereocenters. The summed E-state index contributed by atoms with van der Waals surface area (Å²) >= 11 is 0. The summed E-state index contributed by atoms with van der Waals surface area (Å²) in [6, 6.07) is 9.21. The quantitative estimate of drug-likeness (QED) is 0.666. The molecule has 3 rings (SSSR count). The van der Waals surface area contributed by atoms with Gasteiger partial charge in [-0.25, -0.2) is 0 Å². The fraction of sp³-hybridized carbons (Fsp3) is 0.238. The van der Waals surface area contributed by atoms with Gasteiger partial charge in [0.05, 0.1) is 11.5 Å². The van der Waals surface area contributed by atoms with Crippen molar-refractivity contribution in [3.63, 3.8) is 0 Å². The van der Waals surface area contributed by atoms with Crippen molar-refractivity contribution >= 4 is 23.0 Å². The van der Waals surface area contributed by atoms with E-state index in [1.165, 1.54) is 25.3 Å². The monoisotopic (exact) mass is 368 g/mol. The Bertz CT molecular complexity index is 1060. The zero-order valence-corrected chi connectivity index (χ0v) is 15.2. The largest absolute Gasteiger partial charge is 0.508 e. The van der Waals surface area contributed by atoms with Crippen molar-refractivity contribution in [3.05, 3.63) is 58.3 Å². The molecule has 27 heavy (non-hydrogen) atoms. The maximum Gasteiger partial charge on any atom is 0.309 e. The average Bonchev–Trinajstić information content (AvgIpc) is 2.63. The Hall–Kier alpha value is -3.12. The van der Waals surface area contributed by atoms with Gasteiger partial charge in [-0.05, 0) is 43.7 Å². The van der Waals surface area contributed by atoms with Crippen LogP contribution in [0.25, 0.3) is 28.4 Å². The minimum atomic E-state index is -1.03. The number of hydrogen-bond acceptors (Lipinski definition) is 5. The van der Waals surface area contributed by atoms with Gasteiger partial charge in [0.15, 0.2) is 5.43 Å². The number of phenolic OH excluding ortho intramolecular Hbond substituents is 1. The van der Waals surface area contributed by atoms with Gasteiger partial charge >= 0.3 is 5.97 Å². The molecule has 2 atom stereocenters. The van der Waals surface area contributed by atoms with Crippen LogP contribution in [-0.2, 0) is 9.53 Å². The van der Waals surface area contributed by atoms with Crippen molar-refractivity contribution in [3.8, 4) is 17.1 Å². The molecule has 2 N–H and O–H groups in total. The number of hydrogen-bond donors (Lipinski definition) is 2. The Balaban J connectivity index is 2.25. The first kappa shape index (κ1) is 18.7. The second-order valence-electron chi connectivity index (χ2n) is 6.64. The Labute approximate surface area is 155 Å². The standard InChI is InChI=1S/C21H20O6/c1-12(20(24)25)21(2,26-3)9-8-15-16-6-4-13(22)10-18(16)27-19-11-14(23)5-7-17(15)19/h4-12,22H,1-3H3,(H,24,25)/b9-8+/t12-,21?/m1/s1. The van der Waals surface area contributed by atoms with Gasteiger partial charge in [-0.2, -0.15) is 0 Å². The molecule has 1 aromatic rings. The third-order valence-corrected chi connectivity index (χ3v) is 4.97. The van der Waals surface area contributed by atoms with Crippen LogP contribution in [-0.4, -0.2) is 28.9 Å². The van der Waals surface area contributed by atoms with Gasteiger partial charge in [0, 0.05) is 30.2 Å². The van der Waals surface area contributed by atoms with Crippen molar-refractivity contribution in [2.75, 3.05) is 7.11 Å². The Morgan fingerprint density at radius 1 is 1.26 bits per heavy atom. The summed E-state index contributed by atoms with van der Waals surface area (Å²) in [4.78, 5) is 23.1. The number of aliphatic carboxylic acids is 1. The molecule has 1 heterocycles. The minimum Gasteiger partial charge on any atom is -0.508 e. The zero-order chi connectivity index (χ0) is 19.8. The topological polar surface area (TPSA) is 97.0 Å². The number of phenols is 1. The second-order valence-corrected chi connectivity index (χ2v) is 6.64. The van der Waals surface area contributed by atoms with Crippen molar-refractivity contribution < 1.29 is 24.2 Å². The fourth-order valence-electron chi connectivity index (χ4n) is 2.95. The second kappa shape index (κ2) is 6.89. The smallest absolute Gasteiger partial charge is 0.309 e. The molecule has 0 aromatic heterocycles. The SMILES string of the molecule is COC(C)(/C=C/c1c2ccc(=O)cc-2oc2cc(O)ccc12)[C@H](C)C(=O)O. The molecule has 0 saturated carbocycles. The van der Waals surface area contributed by atoms with Gasteiger partial charge in [-0.15, -0.1) is 0 Å².